The molecule has 7 aromatic carbocycles. The topological polar surface area (TPSA) is 26.3 Å². The first-order valence-electron chi connectivity index (χ1n) is 14.4. The molecule has 0 bridgehead atoms. The van der Waals surface area contributed by atoms with Gasteiger partial charge in [0, 0.05) is 32.7 Å². The third-order valence-electron chi connectivity index (χ3n) is 9.05. The van der Waals surface area contributed by atoms with Crippen LogP contribution < -0.4 is 0 Å². The smallest absolute Gasteiger partial charge is 0.143 e. The molecule has 0 saturated heterocycles. The van der Waals surface area contributed by atoms with Crippen LogP contribution in [0, 0.1) is 0 Å². The van der Waals surface area contributed by atoms with Gasteiger partial charge in [-0.25, -0.2) is 0 Å². The maximum absolute atomic E-state index is 6.44. The van der Waals surface area contributed by atoms with Crippen LogP contribution in [0.4, 0.5) is 0 Å². The molecule has 2 heterocycles. The first-order valence-corrected chi connectivity index (χ1v) is 14.4. The van der Waals surface area contributed by atoms with Crippen LogP contribution in [0.25, 0.3) is 99.2 Å². The molecule has 2 aromatic heterocycles. The van der Waals surface area contributed by atoms with Gasteiger partial charge in [0.25, 0.3) is 0 Å². The summed E-state index contributed by atoms with van der Waals surface area (Å²) in [6, 6.07) is 47.6. The monoisotopic (exact) mass is 534 g/mol. The Morgan fingerprint density at radius 2 is 0.833 bits per heavy atom. The largest absolute Gasteiger partial charge is 0.455 e. The number of furan rings is 2. The Morgan fingerprint density at radius 1 is 0.310 bits per heavy atom. The standard InChI is InChI=1S/C40H22O2/c1-3-16-36-27(8-1)33-14-5-10-24(39(33)41-36)23-18-19-26-31-21-20-25(29-11-6-12-30(38(29)31)35(26)22-23)32-13-7-15-34-28-9-2-4-17-37(28)42-40(32)34/h1-22H. The van der Waals surface area contributed by atoms with Gasteiger partial charge in [-0.2, -0.15) is 0 Å². The van der Waals surface area contributed by atoms with Crippen molar-refractivity contribution in [1.29, 1.82) is 0 Å². The molecule has 0 aliphatic heterocycles. The quantitative estimate of drug-likeness (QED) is 0.220. The van der Waals surface area contributed by atoms with Gasteiger partial charge in [0.15, 0.2) is 0 Å². The zero-order chi connectivity index (χ0) is 27.4. The van der Waals surface area contributed by atoms with E-state index < -0.39 is 0 Å². The van der Waals surface area contributed by atoms with Gasteiger partial charge in [-0.1, -0.05) is 115 Å². The van der Waals surface area contributed by atoms with Crippen LogP contribution >= 0.6 is 0 Å². The lowest BCUT2D eigenvalue weighted by molar-refractivity contribution is 0.669. The molecule has 0 spiro atoms. The number of hydrogen-bond donors (Lipinski definition) is 0. The molecule has 0 N–H and O–H groups in total. The minimum Gasteiger partial charge on any atom is -0.455 e. The molecule has 2 heteroatoms. The Balaban J connectivity index is 1.19. The van der Waals surface area contributed by atoms with Gasteiger partial charge in [0.05, 0.1) is 0 Å². The highest BCUT2D eigenvalue weighted by Crippen LogP contribution is 2.51. The van der Waals surface area contributed by atoms with E-state index in [-0.39, 0.29) is 0 Å². The van der Waals surface area contributed by atoms with Crippen molar-refractivity contribution in [3.63, 3.8) is 0 Å². The summed E-state index contributed by atoms with van der Waals surface area (Å²) >= 11 is 0. The molecule has 0 atom stereocenters. The van der Waals surface area contributed by atoms with Crippen molar-refractivity contribution >= 4 is 54.6 Å². The van der Waals surface area contributed by atoms with Gasteiger partial charge >= 0.3 is 0 Å². The summed E-state index contributed by atoms with van der Waals surface area (Å²) in [6.07, 6.45) is 0. The Morgan fingerprint density at radius 3 is 1.57 bits per heavy atom. The molecular weight excluding hydrogens is 512 g/mol. The second-order valence-electron chi connectivity index (χ2n) is 11.2. The SMILES string of the molecule is c1ccc2c(c1)oc1c(-c3ccc4c(c3)-c3cccc5c(-c6cccc7c6oc6ccccc67)ccc-4c35)cccc12. The zero-order valence-corrected chi connectivity index (χ0v) is 22.5. The average Bonchev–Trinajstić information content (AvgIpc) is 3.72. The second kappa shape index (κ2) is 7.99. The van der Waals surface area contributed by atoms with Crippen molar-refractivity contribution in [2.24, 2.45) is 0 Å². The highest BCUT2D eigenvalue weighted by Gasteiger charge is 2.25. The van der Waals surface area contributed by atoms with Crippen LogP contribution in [0.3, 0.4) is 0 Å². The van der Waals surface area contributed by atoms with Crippen LogP contribution in [0.2, 0.25) is 0 Å². The van der Waals surface area contributed by atoms with E-state index in [0.717, 1.165) is 60.6 Å². The highest BCUT2D eigenvalue weighted by atomic mass is 16.3. The molecule has 0 amide bonds. The fourth-order valence-corrected chi connectivity index (χ4v) is 7.19. The fourth-order valence-electron chi connectivity index (χ4n) is 7.19. The van der Waals surface area contributed by atoms with Gasteiger partial charge < -0.3 is 8.83 Å². The van der Waals surface area contributed by atoms with Gasteiger partial charge in [0.1, 0.15) is 22.3 Å². The Labute approximate surface area is 241 Å². The van der Waals surface area contributed by atoms with Gasteiger partial charge in [-0.3, -0.25) is 0 Å². The Bertz CT molecular complexity index is 2580. The summed E-state index contributed by atoms with van der Waals surface area (Å²) in [5.74, 6) is 0. The van der Waals surface area contributed by atoms with Crippen molar-refractivity contribution < 1.29 is 8.83 Å². The van der Waals surface area contributed by atoms with Gasteiger partial charge in [0.2, 0.25) is 0 Å². The van der Waals surface area contributed by atoms with Gasteiger partial charge in [-0.05, 0) is 62.4 Å². The summed E-state index contributed by atoms with van der Waals surface area (Å²) in [5.41, 5.74) is 13.4. The Kier molecular flexibility index (Phi) is 4.21. The maximum Gasteiger partial charge on any atom is 0.143 e. The lowest BCUT2D eigenvalue weighted by atomic mass is 9.93. The summed E-state index contributed by atoms with van der Waals surface area (Å²) in [6.45, 7) is 0. The normalized spacial score (nSPS) is 12.3. The van der Waals surface area contributed by atoms with Crippen molar-refractivity contribution in [3.05, 3.63) is 133 Å². The number of benzene rings is 7. The summed E-state index contributed by atoms with van der Waals surface area (Å²) in [4.78, 5) is 0. The zero-order valence-electron chi connectivity index (χ0n) is 22.5. The lowest BCUT2D eigenvalue weighted by Gasteiger charge is -2.10. The molecule has 0 saturated carbocycles. The summed E-state index contributed by atoms with van der Waals surface area (Å²) in [5, 5.41) is 7.16. The van der Waals surface area contributed by atoms with E-state index in [1.165, 1.54) is 38.6 Å². The van der Waals surface area contributed by atoms with E-state index >= 15 is 0 Å². The first-order chi connectivity index (χ1) is 20.8. The molecule has 42 heavy (non-hydrogen) atoms. The van der Waals surface area contributed by atoms with Crippen LogP contribution in [-0.2, 0) is 0 Å². The van der Waals surface area contributed by atoms with Gasteiger partial charge in [-0.15, -0.1) is 0 Å². The van der Waals surface area contributed by atoms with E-state index in [9.17, 15) is 0 Å². The molecule has 2 nitrogen and oxygen atoms in total. The fraction of sp³-hybridized carbons (Fsp3) is 0. The molecule has 194 valence electrons. The van der Waals surface area contributed by atoms with Crippen LogP contribution in [-0.4, -0.2) is 0 Å². The molecule has 10 rings (SSSR count). The second-order valence-corrected chi connectivity index (χ2v) is 11.2. The van der Waals surface area contributed by atoms with Crippen molar-refractivity contribution in [1.82, 2.24) is 0 Å². The van der Waals surface area contributed by atoms with E-state index in [4.69, 9.17) is 8.83 Å². The molecular formula is C40H22O2. The lowest BCUT2D eigenvalue weighted by Crippen LogP contribution is -1.84. The van der Waals surface area contributed by atoms with E-state index in [1.807, 2.05) is 24.3 Å². The first kappa shape index (κ1) is 22.1. The van der Waals surface area contributed by atoms with Crippen molar-refractivity contribution in [3.8, 4) is 44.5 Å². The highest BCUT2D eigenvalue weighted by molar-refractivity contribution is 6.21. The predicted molar refractivity (Wildman–Crippen MR) is 174 cm³/mol. The minimum atomic E-state index is 0.922. The molecule has 1 aliphatic carbocycles. The van der Waals surface area contributed by atoms with Crippen LogP contribution in [0.1, 0.15) is 0 Å². The van der Waals surface area contributed by atoms with Crippen molar-refractivity contribution in [2.75, 3.05) is 0 Å². The van der Waals surface area contributed by atoms with E-state index in [2.05, 4.69) is 109 Å². The molecule has 0 unspecified atom stereocenters. The molecule has 9 aromatic rings. The number of rotatable bonds is 2. The van der Waals surface area contributed by atoms with Crippen LogP contribution in [0.5, 0.6) is 0 Å². The predicted octanol–water partition coefficient (Wildman–Crippen LogP) is 11.6. The van der Waals surface area contributed by atoms with E-state index in [1.54, 1.807) is 0 Å². The minimum absolute atomic E-state index is 0.922. The van der Waals surface area contributed by atoms with Crippen molar-refractivity contribution in [2.45, 2.75) is 0 Å². The average molecular weight is 535 g/mol. The van der Waals surface area contributed by atoms with E-state index in [0.29, 0.717) is 0 Å². The summed E-state index contributed by atoms with van der Waals surface area (Å²) < 4.78 is 12.8. The number of para-hydroxylation sites is 4. The Hall–Kier alpha value is -5.60. The number of hydrogen-bond acceptors (Lipinski definition) is 2. The third kappa shape index (κ3) is 2.83. The number of fused-ring (bicyclic) bond motifs is 9. The molecule has 0 radical (unpaired) electrons. The molecule has 1 aliphatic rings. The van der Waals surface area contributed by atoms with Crippen LogP contribution in [0.15, 0.2) is 142 Å². The molecule has 0 fully saturated rings. The third-order valence-corrected chi connectivity index (χ3v) is 9.05. The maximum atomic E-state index is 6.44. The summed E-state index contributed by atoms with van der Waals surface area (Å²) in [7, 11) is 0.